The molecule has 0 unspecified atom stereocenters. The molecule has 2 aromatic rings. The maximum absolute atomic E-state index is 14.7. The van der Waals surface area contributed by atoms with E-state index in [4.69, 9.17) is 33.8 Å². The maximum Gasteiger partial charge on any atom is 0.344 e. The van der Waals surface area contributed by atoms with Gasteiger partial charge in [0.05, 0.1) is 4.90 Å². The number of alkyl halides is 1. The monoisotopic (exact) mass is 566 g/mol. The largest absolute Gasteiger partial charge is 0.451 e. The van der Waals surface area contributed by atoms with Crippen LogP contribution in [0.4, 0.5) is 13.6 Å². The van der Waals surface area contributed by atoms with Crippen LogP contribution in [0.25, 0.3) is 0 Å². The third-order valence-electron chi connectivity index (χ3n) is 4.99. The van der Waals surface area contributed by atoms with E-state index in [0.29, 0.717) is 21.5 Å². The third kappa shape index (κ3) is 6.02. The molecule has 0 bridgehead atoms. The molecule has 1 heterocycles. The summed E-state index contributed by atoms with van der Waals surface area (Å²) < 4.78 is 61.7. The highest BCUT2D eigenvalue weighted by molar-refractivity contribution is 7.89. The summed E-state index contributed by atoms with van der Waals surface area (Å²) in [5, 5.41) is 2.31. The number of urea groups is 1. The zero-order valence-corrected chi connectivity index (χ0v) is 20.4. The van der Waals surface area contributed by atoms with Crippen LogP contribution in [0.2, 0.25) is 5.02 Å². The van der Waals surface area contributed by atoms with Crippen LogP contribution in [0.15, 0.2) is 41.3 Å². The lowest BCUT2D eigenvalue weighted by Crippen LogP contribution is -2.61. The second-order valence-corrected chi connectivity index (χ2v) is 9.87. The van der Waals surface area contributed by atoms with E-state index in [1.165, 1.54) is 24.3 Å². The molecule has 0 aromatic heterocycles. The van der Waals surface area contributed by atoms with E-state index in [1.54, 1.807) is 0 Å². The summed E-state index contributed by atoms with van der Waals surface area (Å²) in [5.41, 5.74) is 0. The molecule has 194 valence electrons. The minimum atomic E-state index is -4.71. The number of hydrogen-bond donors (Lipinski definition) is 2. The van der Waals surface area contributed by atoms with Crippen LogP contribution < -0.4 is 16.0 Å². The molecule has 0 spiro atoms. The van der Waals surface area contributed by atoms with Crippen molar-refractivity contribution in [3.05, 3.63) is 53.1 Å². The Morgan fingerprint density at radius 2 is 1.72 bits per heavy atom. The molecule has 11 nitrogen and oxygen atoms in total. The topological polar surface area (TPSA) is 148 Å². The smallest absolute Gasteiger partial charge is 0.344 e. The van der Waals surface area contributed by atoms with Crippen LogP contribution in [0.5, 0.6) is 11.5 Å². The Labute approximate surface area is 213 Å². The van der Waals surface area contributed by atoms with Gasteiger partial charge < -0.3 is 14.5 Å². The Morgan fingerprint density at radius 3 is 2.28 bits per heavy atom. The summed E-state index contributed by atoms with van der Waals surface area (Å²) >= 11 is 11.1. The van der Waals surface area contributed by atoms with E-state index in [2.05, 4.69) is 4.84 Å². The Morgan fingerprint density at radius 1 is 1.11 bits per heavy atom. The van der Waals surface area contributed by atoms with Crippen LogP contribution in [0.1, 0.15) is 0 Å². The predicted molar refractivity (Wildman–Crippen MR) is 122 cm³/mol. The van der Waals surface area contributed by atoms with Gasteiger partial charge >= 0.3 is 12.0 Å². The zero-order valence-electron chi connectivity index (χ0n) is 18.1. The Balaban J connectivity index is 1.88. The third-order valence-corrected chi connectivity index (χ3v) is 7.37. The number of nitrogens with one attached hydrogen (secondary N) is 1. The Kier molecular flexibility index (Phi) is 8.68. The van der Waals surface area contributed by atoms with Crippen LogP contribution in [-0.4, -0.2) is 67.1 Å². The molecule has 3 N–H and O–H groups in total. The van der Waals surface area contributed by atoms with Crippen molar-refractivity contribution in [3.63, 3.8) is 0 Å². The van der Waals surface area contributed by atoms with Crippen molar-refractivity contribution >= 4 is 51.1 Å². The Bertz CT molecular complexity index is 1260. The van der Waals surface area contributed by atoms with Gasteiger partial charge in [-0.1, -0.05) is 11.6 Å². The van der Waals surface area contributed by atoms with Gasteiger partial charge in [-0.3, -0.25) is 10.1 Å². The van der Waals surface area contributed by atoms with E-state index in [9.17, 15) is 31.6 Å². The quantitative estimate of drug-likeness (QED) is 0.398. The van der Waals surface area contributed by atoms with Gasteiger partial charge in [0, 0.05) is 24.7 Å². The highest BCUT2D eigenvalue weighted by atomic mass is 35.5. The average molecular weight is 567 g/mol. The van der Waals surface area contributed by atoms with Crippen LogP contribution >= 0.6 is 23.2 Å². The zero-order chi connectivity index (χ0) is 26.6. The number of carbonyl (C=O) groups excluding carboxylic acids is 3. The molecule has 2 aromatic carbocycles. The van der Waals surface area contributed by atoms with Crippen molar-refractivity contribution in [2.75, 3.05) is 25.5 Å². The highest BCUT2D eigenvalue weighted by Crippen LogP contribution is 2.32. The number of nitrogens with two attached hydrogens (primary N) is 1. The summed E-state index contributed by atoms with van der Waals surface area (Å²) in [6.45, 7) is -1.34. The number of amides is 3. The molecule has 1 aliphatic heterocycles. The molecule has 3 rings (SSSR count). The summed E-state index contributed by atoms with van der Waals surface area (Å²) in [4.78, 5) is 40.1. The molecule has 0 radical (unpaired) electrons. The van der Waals surface area contributed by atoms with E-state index in [-0.39, 0.29) is 12.3 Å². The number of sulfonamides is 1. The van der Waals surface area contributed by atoms with Gasteiger partial charge in [0.15, 0.2) is 17.4 Å². The molecule has 36 heavy (non-hydrogen) atoms. The fraction of sp³-hybridized carbons (Fsp3) is 0.250. The number of nitrogens with zero attached hydrogens (tertiary/aromatic N) is 2. The molecule has 1 aliphatic rings. The number of carbonyl (C=O) groups is 3. The molecule has 1 saturated heterocycles. The first-order valence-electron chi connectivity index (χ1n) is 9.97. The van der Waals surface area contributed by atoms with E-state index >= 15 is 0 Å². The van der Waals surface area contributed by atoms with Crippen LogP contribution in [-0.2, 0) is 24.4 Å². The van der Waals surface area contributed by atoms with Crippen molar-refractivity contribution in [1.82, 2.24) is 14.5 Å². The number of piperazine rings is 1. The molecule has 0 aliphatic carbocycles. The number of halogens is 4. The van der Waals surface area contributed by atoms with Crippen molar-refractivity contribution in [2.45, 2.75) is 10.9 Å². The maximum atomic E-state index is 14.7. The highest BCUT2D eigenvalue weighted by Gasteiger charge is 2.43. The predicted octanol–water partition coefficient (Wildman–Crippen LogP) is 1.98. The lowest BCUT2D eigenvalue weighted by atomic mass is 10.2. The molecular formula is C20H18Cl2F2N4O7S. The summed E-state index contributed by atoms with van der Waals surface area (Å²) in [6, 6.07) is 3.98. The first-order valence-corrected chi connectivity index (χ1v) is 12.3. The summed E-state index contributed by atoms with van der Waals surface area (Å²) in [5.74, 6) is -1.15. The van der Waals surface area contributed by atoms with Crippen LogP contribution in [0.3, 0.4) is 0 Å². The number of rotatable bonds is 6. The van der Waals surface area contributed by atoms with Gasteiger partial charge in [0.2, 0.25) is 15.9 Å². The van der Waals surface area contributed by atoms with Crippen molar-refractivity contribution in [1.29, 1.82) is 0 Å². The number of ether oxygens (including phenoxy) is 1. The molecule has 1 atom stereocenters. The van der Waals surface area contributed by atoms with Crippen LogP contribution in [0, 0.1) is 11.6 Å². The first kappa shape index (κ1) is 27.5. The normalized spacial score (nSPS) is 16.4. The number of imide groups is 1. The summed E-state index contributed by atoms with van der Waals surface area (Å²) in [7, 11) is -4.71. The molecule has 3 amide bonds. The lowest BCUT2D eigenvalue weighted by molar-refractivity contribution is -0.150. The van der Waals surface area contributed by atoms with Gasteiger partial charge in [-0.25, -0.2) is 26.8 Å². The number of benzene rings is 2. The average Bonchev–Trinajstić information content (AvgIpc) is 2.86. The molecule has 0 saturated carbocycles. The second-order valence-electron chi connectivity index (χ2n) is 7.27. The van der Waals surface area contributed by atoms with E-state index in [1.807, 2.05) is 5.32 Å². The SMILES string of the molecule is NOC(=O)[C@H]1CN(C(=O)NC(=O)CCl)CCN1S(=O)(=O)c1cc(F)c(Oc2ccc(Cl)cc2)c(F)c1. The lowest BCUT2D eigenvalue weighted by Gasteiger charge is -2.38. The van der Waals surface area contributed by atoms with E-state index in [0.717, 1.165) is 4.90 Å². The second kappa shape index (κ2) is 11.3. The van der Waals surface area contributed by atoms with Gasteiger partial charge in [-0.05, 0) is 36.4 Å². The molecule has 1 fully saturated rings. The van der Waals surface area contributed by atoms with Crippen molar-refractivity contribution in [2.24, 2.45) is 5.90 Å². The number of hydrogen-bond acceptors (Lipinski definition) is 8. The minimum Gasteiger partial charge on any atom is -0.451 e. The fourth-order valence-electron chi connectivity index (χ4n) is 3.28. The minimum absolute atomic E-state index is 0.0422. The Hall–Kier alpha value is -3.04. The first-order chi connectivity index (χ1) is 17.0. The van der Waals surface area contributed by atoms with Crippen molar-refractivity contribution in [3.8, 4) is 11.5 Å². The van der Waals surface area contributed by atoms with Gasteiger partial charge in [0.25, 0.3) is 0 Å². The van der Waals surface area contributed by atoms with Gasteiger partial charge in [-0.15, -0.1) is 11.6 Å². The fourth-order valence-corrected chi connectivity index (χ4v) is 5.06. The molecule has 16 heteroatoms. The summed E-state index contributed by atoms with van der Waals surface area (Å²) in [6.07, 6.45) is 0. The van der Waals surface area contributed by atoms with Gasteiger partial charge in [-0.2, -0.15) is 10.2 Å². The van der Waals surface area contributed by atoms with E-state index < -0.39 is 75.2 Å². The van der Waals surface area contributed by atoms with Crippen molar-refractivity contribution < 1.29 is 41.2 Å². The van der Waals surface area contributed by atoms with Gasteiger partial charge in [0.1, 0.15) is 17.7 Å². The molecular weight excluding hydrogens is 549 g/mol. The standard InChI is InChI=1S/C20H18Cl2F2N4O7S/c21-9-17(29)26-20(31)27-5-6-28(16(10-27)19(30)35-25)36(32,33)13-7-14(23)18(15(24)8-13)34-12-3-1-11(22)2-4-12/h1-4,7-8,16H,5-6,9-10,25H2,(H,26,29,31)/t16-/m1/s1.